The molecule has 2 rings (SSSR count). The minimum Gasteiger partial charge on any atom is -0.258 e. The largest absolute Gasteiger partial charge is 0.288 e. The summed E-state index contributed by atoms with van der Waals surface area (Å²) in [4.78, 5) is 10.1. The molecule has 0 spiro atoms. The Balaban J connectivity index is 2.40. The van der Waals surface area contributed by atoms with Crippen molar-refractivity contribution in [3.63, 3.8) is 0 Å². The molecule has 0 aliphatic carbocycles. The number of halogens is 2. The van der Waals surface area contributed by atoms with E-state index >= 15 is 0 Å². The van der Waals surface area contributed by atoms with Crippen LogP contribution in [-0.2, 0) is 5.88 Å². The molecule has 0 amide bonds. The van der Waals surface area contributed by atoms with Crippen LogP contribution < -0.4 is 0 Å². The van der Waals surface area contributed by atoms with Crippen molar-refractivity contribution in [3.8, 4) is 5.69 Å². The zero-order chi connectivity index (χ0) is 12.4. The topological polar surface area (TPSA) is 61.0 Å². The molecule has 0 atom stereocenters. The Kier molecular flexibility index (Phi) is 3.31. The summed E-state index contributed by atoms with van der Waals surface area (Å²) in [6.45, 7) is 0. The normalized spacial score (nSPS) is 10.5. The number of nitrogens with zero attached hydrogens (tertiary/aromatic N) is 3. The van der Waals surface area contributed by atoms with Gasteiger partial charge >= 0.3 is 0 Å². The minimum absolute atomic E-state index is 0.0791. The van der Waals surface area contributed by atoms with Gasteiger partial charge in [0.05, 0.1) is 22.2 Å². The predicted octanol–water partition coefficient (Wildman–Crippen LogP) is 3.17. The lowest BCUT2D eigenvalue weighted by Crippen LogP contribution is -1.97. The minimum atomic E-state index is -0.528. The lowest BCUT2D eigenvalue weighted by atomic mass is 10.3. The molecule has 88 valence electrons. The van der Waals surface area contributed by atoms with Gasteiger partial charge in [-0.25, -0.2) is 4.68 Å². The zero-order valence-corrected chi connectivity index (χ0v) is 10.0. The fourth-order valence-electron chi connectivity index (χ4n) is 1.36. The molecule has 0 unspecified atom stereocenters. The van der Waals surface area contributed by atoms with E-state index in [9.17, 15) is 10.1 Å². The van der Waals surface area contributed by atoms with Crippen LogP contribution >= 0.6 is 23.2 Å². The predicted molar refractivity (Wildman–Crippen MR) is 64.8 cm³/mol. The lowest BCUT2D eigenvalue weighted by Gasteiger charge is -2.02. The van der Waals surface area contributed by atoms with Crippen molar-refractivity contribution in [3.05, 3.63) is 51.3 Å². The highest BCUT2D eigenvalue weighted by molar-refractivity contribution is 6.32. The van der Waals surface area contributed by atoms with E-state index in [0.717, 1.165) is 5.69 Å². The molecule has 1 aromatic heterocycles. The Morgan fingerprint density at radius 2 is 2.18 bits per heavy atom. The second-order valence-corrected chi connectivity index (χ2v) is 3.95. The lowest BCUT2D eigenvalue weighted by molar-refractivity contribution is -0.384. The van der Waals surface area contributed by atoms with E-state index in [2.05, 4.69) is 5.10 Å². The van der Waals surface area contributed by atoms with Crippen LogP contribution in [0, 0.1) is 10.1 Å². The van der Waals surface area contributed by atoms with E-state index in [1.54, 1.807) is 23.0 Å². The number of alkyl halides is 1. The quantitative estimate of drug-likeness (QED) is 0.489. The number of nitro benzene ring substituents is 1. The van der Waals surface area contributed by atoms with E-state index in [0.29, 0.717) is 11.6 Å². The van der Waals surface area contributed by atoms with Gasteiger partial charge in [-0.3, -0.25) is 10.1 Å². The third-order valence-electron chi connectivity index (χ3n) is 2.17. The van der Waals surface area contributed by atoms with Crippen LogP contribution in [0.2, 0.25) is 5.02 Å². The van der Waals surface area contributed by atoms with Crippen molar-refractivity contribution >= 4 is 28.9 Å². The monoisotopic (exact) mass is 271 g/mol. The highest BCUT2D eigenvalue weighted by Gasteiger charge is 2.13. The van der Waals surface area contributed by atoms with Crippen LogP contribution in [0.3, 0.4) is 0 Å². The van der Waals surface area contributed by atoms with Crippen LogP contribution in [0.25, 0.3) is 5.69 Å². The second-order valence-electron chi connectivity index (χ2n) is 3.28. The molecule has 7 heteroatoms. The van der Waals surface area contributed by atoms with Gasteiger partial charge in [-0.2, -0.15) is 5.10 Å². The van der Waals surface area contributed by atoms with Gasteiger partial charge in [-0.1, -0.05) is 11.6 Å². The van der Waals surface area contributed by atoms with E-state index in [1.807, 2.05) is 0 Å². The Hall–Kier alpha value is -1.59. The van der Waals surface area contributed by atoms with E-state index < -0.39 is 4.92 Å². The van der Waals surface area contributed by atoms with Gasteiger partial charge in [0.2, 0.25) is 0 Å². The fourth-order valence-corrected chi connectivity index (χ4v) is 1.75. The number of rotatable bonds is 3. The molecule has 0 N–H and O–H groups in total. The van der Waals surface area contributed by atoms with Crippen molar-refractivity contribution in [2.75, 3.05) is 0 Å². The first-order valence-electron chi connectivity index (χ1n) is 4.66. The summed E-state index contributed by atoms with van der Waals surface area (Å²) < 4.78 is 1.56. The smallest absolute Gasteiger partial charge is 0.258 e. The summed E-state index contributed by atoms with van der Waals surface area (Å²) in [5.74, 6) is 0.313. The number of benzene rings is 1. The molecule has 17 heavy (non-hydrogen) atoms. The number of hydrogen-bond donors (Lipinski definition) is 0. The maximum atomic E-state index is 10.6. The first kappa shape index (κ1) is 11.9. The van der Waals surface area contributed by atoms with Crippen LogP contribution in [0.1, 0.15) is 5.69 Å². The SMILES string of the molecule is O=[N+]([O-])c1ccc(-n2ccc(CCl)n2)cc1Cl. The van der Waals surface area contributed by atoms with Gasteiger partial charge in [0.15, 0.2) is 0 Å². The van der Waals surface area contributed by atoms with Gasteiger partial charge in [0.1, 0.15) is 5.02 Å². The van der Waals surface area contributed by atoms with Crippen molar-refractivity contribution in [2.45, 2.75) is 5.88 Å². The molecule has 1 aromatic carbocycles. The molecule has 2 aromatic rings. The molecule has 0 saturated carbocycles. The van der Waals surface area contributed by atoms with Gasteiger partial charge in [-0.15, -0.1) is 11.6 Å². The Morgan fingerprint density at radius 1 is 1.41 bits per heavy atom. The first-order chi connectivity index (χ1) is 8.11. The summed E-state index contributed by atoms with van der Waals surface area (Å²) in [6, 6.07) is 6.18. The van der Waals surface area contributed by atoms with Crippen LogP contribution in [0.5, 0.6) is 0 Å². The zero-order valence-electron chi connectivity index (χ0n) is 8.51. The van der Waals surface area contributed by atoms with Crippen molar-refractivity contribution < 1.29 is 4.92 Å². The van der Waals surface area contributed by atoms with Gasteiger partial charge < -0.3 is 0 Å². The third kappa shape index (κ3) is 2.40. The molecular weight excluding hydrogens is 265 g/mol. The molecule has 0 radical (unpaired) electrons. The molecule has 5 nitrogen and oxygen atoms in total. The molecule has 0 fully saturated rings. The van der Waals surface area contributed by atoms with Crippen molar-refractivity contribution in [1.82, 2.24) is 9.78 Å². The number of hydrogen-bond acceptors (Lipinski definition) is 3. The average Bonchev–Trinajstić information content (AvgIpc) is 2.76. The molecule has 1 heterocycles. The van der Waals surface area contributed by atoms with E-state index in [-0.39, 0.29) is 10.7 Å². The first-order valence-corrected chi connectivity index (χ1v) is 5.58. The molecule has 0 saturated heterocycles. The average molecular weight is 272 g/mol. The highest BCUT2D eigenvalue weighted by Crippen LogP contribution is 2.26. The maximum absolute atomic E-state index is 10.6. The Morgan fingerprint density at radius 3 is 2.71 bits per heavy atom. The summed E-state index contributed by atoms with van der Waals surface area (Å²) in [7, 11) is 0. The Bertz CT molecular complexity index is 568. The van der Waals surface area contributed by atoms with E-state index in [1.165, 1.54) is 12.1 Å². The Labute approximate surface area is 107 Å². The van der Waals surface area contributed by atoms with Gasteiger partial charge in [0.25, 0.3) is 5.69 Å². The third-order valence-corrected chi connectivity index (χ3v) is 2.75. The van der Waals surface area contributed by atoms with Crippen LogP contribution in [-0.4, -0.2) is 14.7 Å². The molecule has 0 aliphatic heterocycles. The summed E-state index contributed by atoms with van der Waals surface area (Å²) >= 11 is 11.4. The highest BCUT2D eigenvalue weighted by atomic mass is 35.5. The summed E-state index contributed by atoms with van der Waals surface area (Å²) in [6.07, 6.45) is 1.72. The fraction of sp³-hybridized carbons (Fsp3) is 0.100. The number of nitro groups is 1. The number of aromatic nitrogens is 2. The molecular formula is C10H7Cl2N3O2. The van der Waals surface area contributed by atoms with Gasteiger partial charge in [-0.05, 0) is 18.2 Å². The van der Waals surface area contributed by atoms with Crippen molar-refractivity contribution in [2.24, 2.45) is 0 Å². The van der Waals surface area contributed by atoms with Crippen LogP contribution in [0.4, 0.5) is 5.69 Å². The second kappa shape index (κ2) is 4.73. The van der Waals surface area contributed by atoms with Crippen molar-refractivity contribution in [1.29, 1.82) is 0 Å². The maximum Gasteiger partial charge on any atom is 0.288 e. The van der Waals surface area contributed by atoms with Crippen LogP contribution in [0.15, 0.2) is 30.5 Å². The summed E-state index contributed by atoms with van der Waals surface area (Å²) in [5.41, 5.74) is 1.25. The van der Waals surface area contributed by atoms with E-state index in [4.69, 9.17) is 23.2 Å². The van der Waals surface area contributed by atoms with Gasteiger partial charge in [0, 0.05) is 12.3 Å². The molecule has 0 bridgehead atoms. The summed E-state index contributed by atoms with van der Waals surface area (Å²) in [5, 5.41) is 14.9. The molecule has 0 aliphatic rings. The standard InChI is InChI=1S/C10H7Cl2N3O2/c11-6-7-3-4-14(13-7)8-1-2-10(15(16)17)9(12)5-8/h1-5H,6H2.